The van der Waals surface area contributed by atoms with Gasteiger partial charge in [0.15, 0.2) is 0 Å². The van der Waals surface area contributed by atoms with Crippen molar-refractivity contribution in [1.29, 1.82) is 0 Å². The number of nitrogens with zero attached hydrogens (tertiary/aromatic N) is 1. The summed E-state index contributed by atoms with van der Waals surface area (Å²) in [5.74, 6) is -0.990. The van der Waals surface area contributed by atoms with Gasteiger partial charge in [-0.2, -0.15) is 0 Å². The van der Waals surface area contributed by atoms with Crippen LogP contribution < -0.4 is 5.32 Å². The summed E-state index contributed by atoms with van der Waals surface area (Å²) in [7, 11) is 0. The molecule has 2 aliphatic rings. The number of hydrogen-bond donors (Lipinski definition) is 2. The Morgan fingerprint density at radius 1 is 1.50 bits per heavy atom. The van der Waals surface area contributed by atoms with Crippen molar-refractivity contribution in [2.75, 3.05) is 13.1 Å². The third kappa shape index (κ3) is 3.05. The van der Waals surface area contributed by atoms with Gasteiger partial charge < -0.3 is 15.3 Å². The fourth-order valence-electron chi connectivity index (χ4n) is 4.09. The van der Waals surface area contributed by atoms with E-state index in [0.29, 0.717) is 19.5 Å². The molecule has 2 N–H and O–H groups in total. The number of nitrogens with one attached hydrogen (secondary N) is 1. The van der Waals surface area contributed by atoms with Crippen LogP contribution in [0.4, 0.5) is 0 Å². The molecule has 1 aromatic rings. The van der Waals surface area contributed by atoms with Crippen LogP contribution in [0.5, 0.6) is 0 Å². The van der Waals surface area contributed by atoms with Gasteiger partial charge in [0.25, 0.3) is 0 Å². The molecular weight excluding hydrogens is 328 g/mol. The number of likely N-dealkylation sites (tertiary alicyclic amines) is 1. The smallest absolute Gasteiger partial charge is 0.311 e. The fraction of sp³-hybridized carbons (Fsp3) is 0.588. The second-order valence-electron chi connectivity index (χ2n) is 6.80. The Hall–Kier alpha value is -1.89. The molecule has 1 aliphatic carbocycles. The zero-order valence-electron chi connectivity index (χ0n) is 13.7. The Morgan fingerprint density at radius 2 is 2.29 bits per heavy atom. The average molecular weight is 350 g/mol. The second-order valence-corrected chi connectivity index (χ2v) is 7.78. The minimum absolute atomic E-state index is 0.0555. The number of carbonyl (C=O) groups excluding carboxylic acids is 2. The normalized spacial score (nSPS) is 26.9. The molecule has 1 saturated carbocycles. The predicted molar refractivity (Wildman–Crippen MR) is 89.5 cm³/mol. The van der Waals surface area contributed by atoms with E-state index in [9.17, 15) is 19.5 Å². The molecule has 2 fully saturated rings. The van der Waals surface area contributed by atoms with E-state index in [-0.39, 0.29) is 30.2 Å². The number of carboxylic acids is 1. The maximum absolute atomic E-state index is 12.7. The molecule has 1 saturated heterocycles. The van der Waals surface area contributed by atoms with Crippen molar-refractivity contribution < 1.29 is 19.5 Å². The van der Waals surface area contributed by atoms with Gasteiger partial charge in [0.1, 0.15) is 0 Å². The van der Waals surface area contributed by atoms with Crippen molar-refractivity contribution in [2.24, 2.45) is 11.3 Å². The van der Waals surface area contributed by atoms with Crippen LogP contribution >= 0.6 is 11.3 Å². The average Bonchev–Trinajstić information content (AvgIpc) is 3.21. The highest BCUT2D eigenvalue weighted by Gasteiger charge is 2.55. The van der Waals surface area contributed by atoms with Gasteiger partial charge >= 0.3 is 5.97 Å². The summed E-state index contributed by atoms with van der Waals surface area (Å²) in [5.41, 5.74) is -0.762. The number of amides is 2. The highest BCUT2D eigenvalue weighted by atomic mass is 32.1. The summed E-state index contributed by atoms with van der Waals surface area (Å²) in [5, 5.41) is 14.4. The van der Waals surface area contributed by atoms with Crippen molar-refractivity contribution in [3.8, 4) is 0 Å². The van der Waals surface area contributed by atoms with Gasteiger partial charge in [0.2, 0.25) is 11.8 Å². The lowest BCUT2D eigenvalue weighted by atomic mass is 9.81. The van der Waals surface area contributed by atoms with Crippen molar-refractivity contribution >= 4 is 29.1 Å². The lowest BCUT2D eigenvalue weighted by Gasteiger charge is -2.24. The molecule has 0 radical (unpaired) electrons. The molecule has 6 nitrogen and oxygen atoms in total. The quantitative estimate of drug-likeness (QED) is 0.851. The number of thiophene rings is 1. The van der Waals surface area contributed by atoms with Gasteiger partial charge in [-0.25, -0.2) is 0 Å². The summed E-state index contributed by atoms with van der Waals surface area (Å²) in [6, 6.07) is 3.44. The zero-order chi connectivity index (χ0) is 17.3. The standard InChI is InChI=1S/C17H22N2O4S/c1-11(20)18-13(14-5-3-7-24-14)8-15(21)19-9-12-4-2-6-17(12,10-19)16(22)23/h3,5,7,12-13H,2,4,6,8-10H2,1H3,(H,18,20)(H,22,23)/t12-,13?,17+/m0/s1. The Bertz CT molecular complexity index is 645. The molecule has 3 rings (SSSR count). The number of fused-ring (bicyclic) bond motifs is 1. The molecule has 0 aromatic carbocycles. The summed E-state index contributed by atoms with van der Waals surface area (Å²) in [4.78, 5) is 38.5. The number of hydrogen-bond acceptors (Lipinski definition) is 4. The Labute approximate surface area is 144 Å². The Balaban J connectivity index is 1.70. The molecule has 1 aromatic heterocycles. The van der Waals surface area contributed by atoms with E-state index >= 15 is 0 Å². The number of carbonyl (C=O) groups is 3. The first-order valence-electron chi connectivity index (χ1n) is 8.24. The number of carboxylic acid groups (broad SMARTS) is 1. The molecular formula is C17H22N2O4S. The third-order valence-electron chi connectivity index (χ3n) is 5.29. The molecule has 130 valence electrons. The van der Waals surface area contributed by atoms with Crippen molar-refractivity contribution in [3.63, 3.8) is 0 Å². The largest absolute Gasteiger partial charge is 0.481 e. The SMILES string of the molecule is CC(=O)NC(CC(=O)N1C[C@@H]2CCC[C@@]2(C(=O)O)C1)c1cccs1. The van der Waals surface area contributed by atoms with Crippen LogP contribution in [0.2, 0.25) is 0 Å². The first kappa shape index (κ1) is 17.0. The van der Waals surface area contributed by atoms with Crippen LogP contribution in [0, 0.1) is 11.3 Å². The number of rotatable bonds is 5. The van der Waals surface area contributed by atoms with Crippen molar-refractivity contribution in [2.45, 2.75) is 38.6 Å². The number of aliphatic carboxylic acids is 1. The molecule has 2 amide bonds. The first-order valence-corrected chi connectivity index (χ1v) is 9.12. The highest BCUT2D eigenvalue weighted by Crippen LogP contribution is 2.49. The van der Waals surface area contributed by atoms with E-state index in [1.165, 1.54) is 18.3 Å². The van der Waals surface area contributed by atoms with Crippen LogP contribution in [-0.2, 0) is 14.4 Å². The molecule has 0 spiro atoms. The van der Waals surface area contributed by atoms with Gasteiger partial charge in [-0.15, -0.1) is 11.3 Å². The maximum atomic E-state index is 12.7. The summed E-state index contributed by atoms with van der Waals surface area (Å²) < 4.78 is 0. The highest BCUT2D eigenvalue weighted by molar-refractivity contribution is 7.10. The van der Waals surface area contributed by atoms with Crippen LogP contribution in [-0.4, -0.2) is 40.9 Å². The predicted octanol–water partition coefficient (Wildman–Crippen LogP) is 2.03. The molecule has 3 atom stereocenters. The Kier molecular flexibility index (Phi) is 4.62. The van der Waals surface area contributed by atoms with Gasteiger partial charge in [0.05, 0.1) is 17.9 Å². The van der Waals surface area contributed by atoms with E-state index in [0.717, 1.165) is 17.7 Å². The van der Waals surface area contributed by atoms with Gasteiger partial charge in [-0.05, 0) is 30.2 Å². The molecule has 24 heavy (non-hydrogen) atoms. The summed E-state index contributed by atoms with van der Waals surface area (Å²) >= 11 is 1.50. The molecule has 1 unspecified atom stereocenters. The van der Waals surface area contributed by atoms with Crippen LogP contribution in [0.1, 0.15) is 43.5 Å². The van der Waals surface area contributed by atoms with E-state index in [4.69, 9.17) is 0 Å². The van der Waals surface area contributed by atoms with E-state index in [1.54, 1.807) is 4.90 Å². The zero-order valence-corrected chi connectivity index (χ0v) is 14.5. The van der Waals surface area contributed by atoms with Crippen LogP contribution in [0.3, 0.4) is 0 Å². The minimum atomic E-state index is -0.781. The summed E-state index contributed by atoms with van der Waals surface area (Å²) in [6.07, 6.45) is 2.61. The Morgan fingerprint density at radius 3 is 2.88 bits per heavy atom. The van der Waals surface area contributed by atoms with Gasteiger partial charge in [0, 0.05) is 24.9 Å². The van der Waals surface area contributed by atoms with Crippen molar-refractivity contribution in [3.05, 3.63) is 22.4 Å². The summed E-state index contributed by atoms with van der Waals surface area (Å²) in [6.45, 7) is 2.25. The second kappa shape index (κ2) is 6.55. The fourth-order valence-corrected chi connectivity index (χ4v) is 4.87. The topological polar surface area (TPSA) is 86.7 Å². The molecule has 1 aliphatic heterocycles. The molecule has 2 heterocycles. The third-order valence-corrected chi connectivity index (χ3v) is 6.28. The van der Waals surface area contributed by atoms with E-state index in [2.05, 4.69) is 5.32 Å². The van der Waals surface area contributed by atoms with Gasteiger partial charge in [-0.1, -0.05) is 12.5 Å². The van der Waals surface area contributed by atoms with Gasteiger partial charge in [-0.3, -0.25) is 14.4 Å². The van der Waals surface area contributed by atoms with E-state index in [1.807, 2.05) is 17.5 Å². The molecule has 0 bridgehead atoms. The minimum Gasteiger partial charge on any atom is -0.481 e. The maximum Gasteiger partial charge on any atom is 0.311 e. The van der Waals surface area contributed by atoms with Crippen molar-refractivity contribution in [1.82, 2.24) is 10.2 Å². The first-order chi connectivity index (χ1) is 11.4. The monoisotopic (exact) mass is 350 g/mol. The van der Waals surface area contributed by atoms with Crippen LogP contribution in [0.15, 0.2) is 17.5 Å². The molecule has 7 heteroatoms. The van der Waals surface area contributed by atoms with Crippen LogP contribution in [0.25, 0.3) is 0 Å². The lowest BCUT2D eigenvalue weighted by Crippen LogP contribution is -2.38. The van der Waals surface area contributed by atoms with E-state index < -0.39 is 11.4 Å². The lowest BCUT2D eigenvalue weighted by molar-refractivity contribution is -0.149.